The van der Waals surface area contributed by atoms with E-state index in [-0.39, 0.29) is 35.2 Å². The summed E-state index contributed by atoms with van der Waals surface area (Å²) in [4.78, 5) is 21.2. The second kappa shape index (κ2) is 7.91. The summed E-state index contributed by atoms with van der Waals surface area (Å²) >= 11 is 0. The first-order chi connectivity index (χ1) is 13.4. The number of carbonyl (C=O) groups is 2. The summed E-state index contributed by atoms with van der Waals surface area (Å²) in [6.45, 7) is 0. The largest absolute Gasteiger partial charge is 0.451 e. The van der Waals surface area contributed by atoms with Crippen LogP contribution in [0.1, 0.15) is 20.7 Å². The minimum absolute atomic E-state index is 0.0838. The van der Waals surface area contributed by atoms with E-state index in [0.29, 0.717) is 0 Å². The maximum absolute atomic E-state index is 13.9. The molecule has 0 radical (unpaired) electrons. The van der Waals surface area contributed by atoms with E-state index >= 15 is 0 Å². The monoisotopic (exact) mass is 390 g/mol. The molecule has 28 heavy (non-hydrogen) atoms. The third-order valence-electron chi connectivity index (χ3n) is 3.56. The molecule has 142 valence electrons. The number of hydrogen-bond acceptors (Lipinski definition) is 4. The molecule has 4 nitrogen and oxygen atoms in total. The first kappa shape index (κ1) is 19.1. The zero-order valence-corrected chi connectivity index (χ0v) is 13.9. The number of aldehydes is 2. The van der Waals surface area contributed by atoms with Gasteiger partial charge < -0.3 is 9.47 Å². The molecule has 0 aliphatic rings. The lowest BCUT2D eigenvalue weighted by Gasteiger charge is -2.11. The number of ether oxygens (including phenoxy) is 2. The van der Waals surface area contributed by atoms with Crippen molar-refractivity contribution in [2.45, 2.75) is 0 Å². The van der Waals surface area contributed by atoms with Crippen LogP contribution < -0.4 is 9.47 Å². The zero-order chi connectivity index (χ0) is 20.3. The quantitative estimate of drug-likeness (QED) is 0.415. The zero-order valence-electron chi connectivity index (χ0n) is 13.9. The van der Waals surface area contributed by atoms with Crippen molar-refractivity contribution >= 4 is 12.6 Å². The van der Waals surface area contributed by atoms with Gasteiger partial charge in [0.2, 0.25) is 0 Å². The molecule has 0 N–H and O–H groups in total. The number of benzene rings is 3. The highest BCUT2D eigenvalue weighted by Crippen LogP contribution is 2.33. The van der Waals surface area contributed by atoms with Gasteiger partial charge in [0, 0.05) is 17.2 Å². The molecule has 8 heteroatoms. The van der Waals surface area contributed by atoms with Gasteiger partial charge in [-0.2, -0.15) is 0 Å². The number of carbonyl (C=O) groups excluding carboxylic acids is 2. The minimum Gasteiger partial charge on any atom is -0.451 e. The summed E-state index contributed by atoms with van der Waals surface area (Å²) < 4.78 is 66.0. The highest BCUT2D eigenvalue weighted by atomic mass is 19.1. The molecule has 0 aliphatic carbocycles. The van der Waals surface area contributed by atoms with Gasteiger partial charge in [0.25, 0.3) is 0 Å². The highest BCUT2D eigenvalue weighted by molar-refractivity contribution is 5.75. The summed E-state index contributed by atoms with van der Waals surface area (Å²) in [5, 5.41) is 0. The summed E-state index contributed by atoms with van der Waals surface area (Å²) in [7, 11) is 0. The van der Waals surface area contributed by atoms with Crippen LogP contribution >= 0.6 is 0 Å². The fourth-order valence-electron chi connectivity index (χ4n) is 2.33. The maximum atomic E-state index is 13.9. The van der Waals surface area contributed by atoms with Crippen molar-refractivity contribution in [1.29, 1.82) is 0 Å². The summed E-state index contributed by atoms with van der Waals surface area (Å²) in [5.41, 5.74) is -0.409. The minimum atomic E-state index is -1.10. The van der Waals surface area contributed by atoms with E-state index in [1.165, 1.54) is 18.2 Å². The number of halogens is 4. The van der Waals surface area contributed by atoms with Crippen LogP contribution in [0.5, 0.6) is 23.0 Å². The van der Waals surface area contributed by atoms with Crippen LogP contribution in [0, 0.1) is 23.3 Å². The van der Waals surface area contributed by atoms with Crippen molar-refractivity contribution in [3.8, 4) is 23.0 Å². The van der Waals surface area contributed by atoms with Crippen LogP contribution in [0.15, 0.2) is 48.5 Å². The third-order valence-corrected chi connectivity index (χ3v) is 3.56. The van der Waals surface area contributed by atoms with Crippen molar-refractivity contribution in [3.05, 3.63) is 82.9 Å². The van der Waals surface area contributed by atoms with E-state index < -0.39 is 34.8 Å². The predicted molar refractivity (Wildman–Crippen MR) is 90.1 cm³/mol. The van der Waals surface area contributed by atoms with Gasteiger partial charge in [0.1, 0.15) is 24.1 Å². The van der Waals surface area contributed by atoms with Crippen LogP contribution in [0.4, 0.5) is 17.6 Å². The molecular weight excluding hydrogens is 380 g/mol. The second-order valence-corrected chi connectivity index (χ2v) is 5.54. The Bertz CT molecular complexity index is 939. The molecule has 0 aromatic heterocycles. The van der Waals surface area contributed by atoms with E-state index in [0.717, 1.165) is 30.3 Å². The topological polar surface area (TPSA) is 52.6 Å². The van der Waals surface area contributed by atoms with Gasteiger partial charge >= 0.3 is 0 Å². The Morgan fingerprint density at radius 2 is 0.964 bits per heavy atom. The Hall–Kier alpha value is -3.68. The second-order valence-electron chi connectivity index (χ2n) is 5.54. The molecule has 0 fully saturated rings. The van der Waals surface area contributed by atoms with Crippen molar-refractivity contribution in [2.24, 2.45) is 0 Å². The van der Waals surface area contributed by atoms with Gasteiger partial charge in [-0.1, -0.05) is 6.07 Å². The van der Waals surface area contributed by atoms with Crippen LogP contribution in [-0.4, -0.2) is 12.6 Å². The van der Waals surface area contributed by atoms with Crippen LogP contribution in [0.2, 0.25) is 0 Å². The predicted octanol–water partition coefficient (Wildman–Crippen LogP) is 5.45. The summed E-state index contributed by atoms with van der Waals surface area (Å²) in [6, 6.07) is 8.38. The Morgan fingerprint density at radius 1 is 0.607 bits per heavy atom. The first-order valence-electron chi connectivity index (χ1n) is 7.75. The lowest BCUT2D eigenvalue weighted by molar-refractivity contribution is 0.111. The Labute approximate surface area is 155 Å². The standard InChI is InChI=1S/C20H10F4O4/c21-15-4-11(9-25)5-16(22)19(15)27-13-2-1-3-14(8-13)28-20-17(23)6-12(10-26)7-18(20)24/h1-10H. The molecule has 0 saturated carbocycles. The molecule has 0 amide bonds. The van der Waals surface area contributed by atoms with E-state index in [1.807, 2.05) is 0 Å². The van der Waals surface area contributed by atoms with E-state index in [2.05, 4.69) is 0 Å². The fourth-order valence-corrected chi connectivity index (χ4v) is 2.33. The normalized spacial score (nSPS) is 10.4. The first-order valence-corrected chi connectivity index (χ1v) is 7.75. The van der Waals surface area contributed by atoms with Gasteiger partial charge in [-0.15, -0.1) is 0 Å². The Morgan fingerprint density at radius 3 is 1.29 bits per heavy atom. The lowest BCUT2D eigenvalue weighted by Crippen LogP contribution is -1.97. The van der Waals surface area contributed by atoms with Crippen LogP contribution in [-0.2, 0) is 0 Å². The average Bonchev–Trinajstić information content (AvgIpc) is 2.67. The third kappa shape index (κ3) is 4.01. The van der Waals surface area contributed by atoms with Crippen LogP contribution in [0.25, 0.3) is 0 Å². The van der Waals surface area contributed by atoms with Crippen molar-refractivity contribution in [1.82, 2.24) is 0 Å². The molecule has 0 saturated heterocycles. The number of hydrogen-bond donors (Lipinski definition) is 0. The van der Waals surface area contributed by atoms with Gasteiger partial charge in [-0.25, -0.2) is 17.6 Å². The molecule has 0 atom stereocenters. The fraction of sp³-hybridized carbons (Fsp3) is 0. The van der Waals surface area contributed by atoms with Crippen molar-refractivity contribution in [2.75, 3.05) is 0 Å². The molecule has 3 aromatic carbocycles. The molecule has 3 rings (SSSR count). The molecule has 0 heterocycles. The number of rotatable bonds is 6. The van der Waals surface area contributed by atoms with Gasteiger partial charge in [-0.3, -0.25) is 9.59 Å². The Kier molecular flexibility index (Phi) is 5.39. The van der Waals surface area contributed by atoms with E-state index in [4.69, 9.17) is 9.47 Å². The Balaban J connectivity index is 1.88. The molecule has 0 aliphatic heterocycles. The van der Waals surface area contributed by atoms with Gasteiger partial charge in [0.05, 0.1) is 0 Å². The van der Waals surface area contributed by atoms with E-state index in [9.17, 15) is 27.2 Å². The van der Waals surface area contributed by atoms with Crippen molar-refractivity contribution in [3.63, 3.8) is 0 Å². The molecule has 0 unspecified atom stereocenters. The van der Waals surface area contributed by atoms with Crippen molar-refractivity contribution < 1.29 is 36.6 Å². The van der Waals surface area contributed by atoms with Gasteiger partial charge in [0.15, 0.2) is 34.8 Å². The smallest absolute Gasteiger partial charge is 0.198 e. The highest BCUT2D eigenvalue weighted by Gasteiger charge is 2.16. The summed E-state index contributed by atoms with van der Waals surface area (Å²) in [5.74, 6) is -6.08. The van der Waals surface area contributed by atoms with Crippen LogP contribution in [0.3, 0.4) is 0 Å². The molecule has 3 aromatic rings. The summed E-state index contributed by atoms with van der Waals surface area (Å²) in [6.07, 6.45) is 0.562. The molecular formula is C20H10F4O4. The van der Waals surface area contributed by atoms with E-state index in [1.54, 1.807) is 0 Å². The van der Waals surface area contributed by atoms with Gasteiger partial charge in [-0.05, 0) is 36.4 Å². The lowest BCUT2D eigenvalue weighted by atomic mass is 10.2. The maximum Gasteiger partial charge on any atom is 0.198 e. The average molecular weight is 390 g/mol. The molecule has 0 spiro atoms. The molecule has 0 bridgehead atoms. The SMILES string of the molecule is O=Cc1cc(F)c(Oc2cccc(Oc3c(F)cc(C=O)cc3F)c2)c(F)c1.